The van der Waals surface area contributed by atoms with Gasteiger partial charge in [0.25, 0.3) is 5.91 Å². The molecule has 11 nitrogen and oxygen atoms in total. The molecule has 0 aromatic heterocycles. The Hall–Kier alpha value is -3.99. The molecule has 3 atom stereocenters. The number of para-hydroxylation sites is 1. The minimum absolute atomic E-state index is 0.0308. The first-order valence-electron chi connectivity index (χ1n) is 13.2. The van der Waals surface area contributed by atoms with E-state index in [0.29, 0.717) is 35.0 Å². The predicted molar refractivity (Wildman–Crippen MR) is 143 cm³/mol. The summed E-state index contributed by atoms with van der Waals surface area (Å²) in [4.78, 5) is 42.4. The molecule has 1 aliphatic carbocycles. The van der Waals surface area contributed by atoms with Gasteiger partial charge in [-0.3, -0.25) is 9.59 Å². The highest BCUT2D eigenvalue weighted by Crippen LogP contribution is 2.37. The summed E-state index contributed by atoms with van der Waals surface area (Å²) in [6, 6.07) is 9.47. The van der Waals surface area contributed by atoms with Crippen molar-refractivity contribution in [1.82, 2.24) is 9.80 Å². The number of aliphatic hydroxyl groups is 1. The Morgan fingerprint density at radius 1 is 1.15 bits per heavy atom. The molecule has 0 saturated heterocycles. The lowest BCUT2D eigenvalue weighted by Crippen LogP contribution is -2.50. The second-order valence-corrected chi connectivity index (χ2v) is 10.4. The molecule has 3 aliphatic rings. The van der Waals surface area contributed by atoms with Gasteiger partial charge in [-0.15, -0.1) is 0 Å². The number of aliphatic hydroxyl groups excluding tert-OH is 1. The van der Waals surface area contributed by atoms with Crippen LogP contribution in [0, 0.1) is 11.8 Å². The van der Waals surface area contributed by atoms with E-state index in [1.807, 2.05) is 6.92 Å². The molecule has 1 saturated carbocycles. The maximum absolute atomic E-state index is 13.6. The van der Waals surface area contributed by atoms with Gasteiger partial charge in [0.2, 0.25) is 12.7 Å². The second-order valence-electron chi connectivity index (χ2n) is 10.4. The summed E-state index contributed by atoms with van der Waals surface area (Å²) in [5.41, 5.74) is 1.28. The lowest BCUT2D eigenvalue weighted by Gasteiger charge is -2.38. The van der Waals surface area contributed by atoms with Crippen molar-refractivity contribution in [2.75, 3.05) is 44.2 Å². The Bertz CT molecular complexity index is 1260. The first-order valence-corrected chi connectivity index (χ1v) is 13.2. The van der Waals surface area contributed by atoms with Gasteiger partial charge in [-0.2, -0.15) is 0 Å². The standard InChI is InChI=1S/C28H34N4O7/c1-16-12-32(17(2)14-33)27(35)20-5-4-6-21(30-26(34)18-7-8-18)25(20)39-24(16)13-31(3)28(36)29-19-9-10-22-23(11-19)38-15-37-22/h4-6,9-11,16-18,24,33H,7-8,12-15H2,1-3H3,(H,29,36)(H,30,34)/t16-,17-,24-/m0/s1. The number of carbonyl (C=O) groups is 3. The highest BCUT2D eigenvalue weighted by atomic mass is 16.7. The normalized spacial score (nSPS) is 20.7. The molecule has 3 N–H and O–H groups in total. The average Bonchev–Trinajstić information content (AvgIpc) is 3.68. The summed E-state index contributed by atoms with van der Waals surface area (Å²) in [6.45, 7) is 4.19. The van der Waals surface area contributed by atoms with Crippen molar-refractivity contribution in [1.29, 1.82) is 0 Å². The van der Waals surface area contributed by atoms with Crippen LogP contribution in [0.25, 0.3) is 0 Å². The number of likely N-dealkylation sites (N-methyl/N-ethyl adjacent to an activating group) is 1. The summed E-state index contributed by atoms with van der Waals surface area (Å²) in [5.74, 6) is 0.832. The average molecular weight is 539 g/mol. The first-order chi connectivity index (χ1) is 18.7. The van der Waals surface area contributed by atoms with Crippen molar-refractivity contribution < 1.29 is 33.7 Å². The van der Waals surface area contributed by atoms with Crippen molar-refractivity contribution in [2.24, 2.45) is 11.8 Å². The number of urea groups is 1. The Morgan fingerprint density at radius 3 is 2.67 bits per heavy atom. The van der Waals surface area contributed by atoms with Crippen molar-refractivity contribution in [3.63, 3.8) is 0 Å². The first kappa shape index (κ1) is 26.6. The van der Waals surface area contributed by atoms with E-state index in [2.05, 4.69) is 10.6 Å². The van der Waals surface area contributed by atoms with Crippen molar-refractivity contribution in [3.05, 3.63) is 42.0 Å². The lowest BCUT2D eigenvalue weighted by molar-refractivity contribution is -0.117. The topological polar surface area (TPSA) is 130 Å². The van der Waals surface area contributed by atoms with Crippen LogP contribution in [0.3, 0.4) is 0 Å². The minimum atomic E-state index is -0.517. The molecule has 1 fully saturated rings. The fourth-order valence-electron chi connectivity index (χ4n) is 4.69. The maximum Gasteiger partial charge on any atom is 0.321 e. The number of rotatable bonds is 7. The van der Waals surface area contributed by atoms with Gasteiger partial charge in [-0.25, -0.2) is 4.79 Å². The summed E-state index contributed by atoms with van der Waals surface area (Å²) in [7, 11) is 1.66. The van der Waals surface area contributed by atoms with Crippen LogP contribution < -0.4 is 24.8 Å². The SMILES string of the molecule is C[C@H]1CN([C@@H](C)CO)C(=O)c2cccc(NC(=O)C3CC3)c2O[C@H]1CN(C)C(=O)Nc1ccc2c(c1)OCO2. The fourth-order valence-corrected chi connectivity index (χ4v) is 4.69. The largest absolute Gasteiger partial charge is 0.485 e. The van der Waals surface area contributed by atoms with Crippen molar-refractivity contribution in [2.45, 2.75) is 38.8 Å². The molecule has 0 bridgehead atoms. The Kier molecular flexibility index (Phi) is 7.51. The van der Waals surface area contributed by atoms with Gasteiger partial charge < -0.3 is 39.8 Å². The number of ether oxygens (including phenoxy) is 3. The molecule has 11 heteroatoms. The highest BCUT2D eigenvalue weighted by Gasteiger charge is 2.36. The number of amides is 4. The highest BCUT2D eigenvalue weighted by molar-refractivity contribution is 6.02. The third-order valence-corrected chi connectivity index (χ3v) is 7.32. The van der Waals surface area contributed by atoms with Gasteiger partial charge in [0.1, 0.15) is 6.10 Å². The number of fused-ring (bicyclic) bond motifs is 2. The molecule has 2 aromatic rings. The van der Waals surface area contributed by atoms with Gasteiger partial charge in [-0.1, -0.05) is 13.0 Å². The van der Waals surface area contributed by atoms with Gasteiger partial charge in [0.05, 0.1) is 30.4 Å². The molecule has 0 radical (unpaired) electrons. The fraction of sp³-hybridized carbons (Fsp3) is 0.464. The van der Waals surface area contributed by atoms with Crippen LogP contribution in [0.5, 0.6) is 17.2 Å². The van der Waals surface area contributed by atoms with Crippen molar-refractivity contribution in [3.8, 4) is 17.2 Å². The molecule has 2 heterocycles. The molecule has 39 heavy (non-hydrogen) atoms. The monoisotopic (exact) mass is 538 g/mol. The second kappa shape index (κ2) is 11.0. The molecular weight excluding hydrogens is 504 g/mol. The minimum Gasteiger partial charge on any atom is -0.485 e. The zero-order chi connectivity index (χ0) is 27.7. The van der Waals surface area contributed by atoms with Crippen LogP contribution in [0.15, 0.2) is 36.4 Å². The molecular formula is C28H34N4O7. The summed E-state index contributed by atoms with van der Waals surface area (Å²) >= 11 is 0. The quantitative estimate of drug-likeness (QED) is 0.494. The van der Waals surface area contributed by atoms with Gasteiger partial charge >= 0.3 is 6.03 Å². The van der Waals surface area contributed by atoms with Gasteiger partial charge in [-0.05, 0) is 44.0 Å². The number of carbonyl (C=O) groups excluding carboxylic acids is 3. The summed E-state index contributed by atoms with van der Waals surface area (Å²) in [5, 5.41) is 15.7. The number of nitrogens with one attached hydrogen (secondary N) is 2. The molecule has 208 valence electrons. The van der Waals surface area contributed by atoms with Crippen LogP contribution in [0.1, 0.15) is 37.0 Å². The number of nitrogens with zero attached hydrogens (tertiary/aromatic N) is 2. The van der Waals surface area contributed by atoms with E-state index >= 15 is 0 Å². The third-order valence-electron chi connectivity index (χ3n) is 7.32. The molecule has 5 rings (SSSR count). The Morgan fingerprint density at radius 2 is 1.92 bits per heavy atom. The van der Waals surface area contributed by atoms with E-state index in [-0.39, 0.29) is 55.4 Å². The third kappa shape index (κ3) is 5.73. The van der Waals surface area contributed by atoms with Crippen LogP contribution >= 0.6 is 0 Å². The molecule has 0 unspecified atom stereocenters. The van der Waals surface area contributed by atoms with Crippen LogP contribution in [0.2, 0.25) is 0 Å². The Balaban J connectivity index is 1.39. The number of hydrogen-bond acceptors (Lipinski definition) is 7. The number of hydrogen-bond donors (Lipinski definition) is 3. The van der Waals surface area contributed by atoms with Crippen LogP contribution in [-0.2, 0) is 4.79 Å². The van der Waals surface area contributed by atoms with E-state index in [9.17, 15) is 19.5 Å². The molecule has 4 amide bonds. The van der Waals surface area contributed by atoms with E-state index in [4.69, 9.17) is 14.2 Å². The lowest BCUT2D eigenvalue weighted by atomic mass is 9.99. The maximum atomic E-state index is 13.6. The number of anilines is 2. The zero-order valence-corrected chi connectivity index (χ0v) is 22.3. The number of benzene rings is 2. The van der Waals surface area contributed by atoms with E-state index < -0.39 is 12.1 Å². The van der Waals surface area contributed by atoms with Gasteiger partial charge in [0.15, 0.2) is 17.2 Å². The van der Waals surface area contributed by atoms with Crippen molar-refractivity contribution >= 4 is 29.2 Å². The van der Waals surface area contributed by atoms with E-state index in [0.717, 1.165) is 12.8 Å². The molecule has 2 aromatic carbocycles. The Labute approximate surface area is 227 Å². The van der Waals surface area contributed by atoms with E-state index in [1.165, 1.54) is 4.90 Å². The van der Waals surface area contributed by atoms with Crippen LogP contribution in [0.4, 0.5) is 16.2 Å². The van der Waals surface area contributed by atoms with Gasteiger partial charge in [0, 0.05) is 37.2 Å². The van der Waals surface area contributed by atoms with E-state index in [1.54, 1.807) is 55.3 Å². The predicted octanol–water partition coefficient (Wildman–Crippen LogP) is 3.15. The van der Waals surface area contributed by atoms with Crippen LogP contribution in [-0.4, -0.2) is 78.4 Å². The smallest absolute Gasteiger partial charge is 0.321 e. The molecule has 0 spiro atoms. The summed E-state index contributed by atoms with van der Waals surface area (Å²) in [6.07, 6.45) is 1.16. The summed E-state index contributed by atoms with van der Waals surface area (Å²) < 4.78 is 17.2. The zero-order valence-electron chi connectivity index (χ0n) is 22.3. The molecule has 2 aliphatic heterocycles.